The SMILES string of the molecule is CC1C2[C@@H]3N1C=CN23. The van der Waals surface area contributed by atoms with Crippen molar-refractivity contribution in [1.82, 2.24) is 9.80 Å². The number of rotatable bonds is 0. The largest absolute Gasteiger partial charge is 0.349 e. The fourth-order valence-corrected chi connectivity index (χ4v) is 1.96. The van der Waals surface area contributed by atoms with E-state index in [2.05, 4.69) is 29.1 Å². The zero-order valence-corrected chi connectivity index (χ0v) is 4.78. The molecule has 0 spiro atoms. The maximum atomic E-state index is 2.41. The summed E-state index contributed by atoms with van der Waals surface area (Å²) in [4.78, 5) is 4.81. The van der Waals surface area contributed by atoms with Gasteiger partial charge in [0.1, 0.15) is 6.17 Å². The van der Waals surface area contributed by atoms with Crippen molar-refractivity contribution in [2.45, 2.75) is 25.2 Å². The van der Waals surface area contributed by atoms with Gasteiger partial charge in [-0.15, -0.1) is 0 Å². The number of hydrogen-bond donors (Lipinski definition) is 0. The van der Waals surface area contributed by atoms with Gasteiger partial charge in [-0.25, -0.2) is 0 Å². The number of nitrogens with zero attached hydrogens (tertiary/aromatic N) is 2. The summed E-state index contributed by atoms with van der Waals surface area (Å²) >= 11 is 0. The average Bonchev–Trinajstić information content (AvgIpc) is 2.30. The van der Waals surface area contributed by atoms with Crippen LogP contribution in [0.4, 0.5) is 0 Å². The van der Waals surface area contributed by atoms with Gasteiger partial charge in [-0.3, -0.25) is 0 Å². The van der Waals surface area contributed by atoms with Gasteiger partial charge in [0.25, 0.3) is 0 Å². The fraction of sp³-hybridized carbons (Fsp3) is 0.667. The second-order valence-corrected chi connectivity index (χ2v) is 2.84. The minimum absolute atomic E-state index is 0.810. The molecule has 2 nitrogen and oxygen atoms in total. The van der Waals surface area contributed by atoms with Gasteiger partial charge < -0.3 is 9.80 Å². The average molecular weight is 108 g/mol. The Morgan fingerprint density at radius 1 is 1.25 bits per heavy atom. The van der Waals surface area contributed by atoms with E-state index in [1.54, 1.807) is 0 Å². The summed E-state index contributed by atoms with van der Waals surface area (Å²) < 4.78 is 0. The topological polar surface area (TPSA) is 6.25 Å². The molecule has 0 aromatic heterocycles. The van der Waals surface area contributed by atoms with E-state index in [1.807, 2.05) is 0 Å². The van der Waals surface area contributed by atoms with Crippen LogP contribution in [0.25, 0.3) is 0 Å². The molecule has 0 N–H and O–H groups in total. The third kappa shape index (κ3) is 0.145. The first-order valence-electron chi connectivity index (χ1n) is 3.13. The molecule has 42 valence electrons. The summed E-state index contributed by atoms with van der Waals surface area (Å²) in [6.45, 7) is 2.28. The Hall–Kier alpha value is -0.660. The number of hydrogen-bond acceptors (Lipinski definition) is 2. The second-order valence-electron chi connectivity index (χ2n) is 2.84. The van der Waals surface area contributed by atoms with Gasteiger partial charge in [0.2, 0.25) is 0 Å². The highest BCUT2D eigenvalue weighted by Crippen LogP contribution is 2.51. The monoisotopic (exact) mass is 108 g/mol. The lowest BCUT2D eigenvalue weighted by molar-refractivity contribution is 0.198. The van der Waals surface area contributed by atoms with E-state index in [1.165, 1.54) is 0 Å². The van der Waals surface area contributed by atoms with Crippen LogP contribution in [0.1, 0.15) is 6.92 Å². The summed E-state index contributed by atoms with van der Waals surface area (Å²) in [6, 6.07) is 1.71. The molecule has 0 aliphatic carbocycles. The van der Waals surface area contributed by atoms with E-state index in [0.717, 1.165) is 18.2 Å². The number of fused-ring (bicyclic) bond motifs is 1. The molecule has 2 fully saturated rings. The maximum Gasteiger partial charge on any atom is 0.124 e. The molecule has 3 heterocycles. The Morgan fingerprint density at radius 2 is 2.00 bits per heavy atom. The Balaban J connectivity index is 2.11. The van der Waals surface area contributed by atoms with E-state index in [4.69, 9.17) is 0 Å². The summed E-state index contributed by atoms with van der Waals surface area (Å²) in [6.07, 6.45) is 5.19. The van der Waals surface area contributed by atoms with Crippen LogP contribution in [0.2, 0.25) is 0 Å². The highest BCUT2D eigenvalue weighted by atomic mass is 15.6. The highest BCUT2D eigenvalue weighted by Gasteiger charge is 2.66. The van der Waals surface area contributed by atoms with Crippen LogP contribution in [0.5, 0.6) is 0 Å². The highest BCUT2D eigenvalue weighted by molar-refractivity contribution is 5.28. The molecule has 0 bridgehead atoms. The van der Waals surface area contributed by atoms with Gasteiger partial charge >= 0.3 is 0 Å². The second kappa shape index (κ2) is 0.677. The molecule has 2 saturated heterocycles. The molecule has 0 radical (unpaired) electrons. The quantitative estimate of drug-likeness (QED) is 0.408. The molecular weight excluding hydrogens is 100 g/mol. The van der Waals surface area contributed by atoms with Crippen LogP contribution < -0.4 is 0 Å². The van der Waals surface area contributed by atoms with Gasteiger partial charge in [-0.2, -0.15) is 0 Å². The van der Waals surface area contributed by atoms with Crippen molar-refractivity contribution < 1.29 is 0 Å². The van der Waals surface area contributed by atoms with Crippen molar-refractivity contribution in [3.05, 3.63) is 12.4 Å². The lowest BCUT2D eigenvalue weighted by atomic mass is 10.1. The third-order valence-electron chi connectivity index (χ3n) is 2.55. The Kier molecular flexibility index (Phi) is 0.286. The molecule has 3 aliphatic heterocycles. The zero-order valence-electron chi connectivity index (χ0n) is 4.78. The van der Waals surface area contributed by atoms with Crippen molar-refractivity contribution in [1.29, 1.82) is 0 Å². The normalized spacial score (nSPS) is 53.9. The van der Waals surface area contributed by atoms with Gasteiger partial charge in [-0.1, -0.05) is 0 Å². The van der Waals surface area contributed by atoms with Gasteiger partial charge in [0.15, 0.2) is 0 Å². The predicted octanol–water partition coefficient (Wildman–Crippen LogP) is 0.186. The summed E-state index contributed by atoms with van der Waals surface area (Å²) in [7, 11) is 0. The van der Waals surface area contributed by atoms with E-state index in [0.29, 0.717) is 0 Å². The van der Waals surface area contributed by atoms with E-state index in [-0.39, 0.29) is 0 Å². The van der Waals surface area contributed by atoms with Gasteiger partial charge in [-0.05, 0) is 6.92 Å². The first-order chi connectivity index (χ1) is 3.89. The van der Waals surface area contributed by atoms with Crippen molar-refractivity contribution in [2.75, 3.05) is 0 Å². The molecule has 0 amide bonds. The Labute approximate surface area is 48.4 Å². The molecule has 3 aliphatic rings. The Bertz CT molecular complexity index is 175. The smallest absolute Gasteiger partial charge is 0.124 e. The van der Waals surface area contributed by atoms with Crippen molar-refractivity contribution >= 4 is 0 Å². The first-order valence-corrected chi connectivity index (χ1v) is 3.13. The van der Waals surface area contributed by atoms with Crippen LogP contribution in [0, 0.1) is 0 Å². The first kappa shape index (κ1) is 3.38. The summed E-state index contributed by atoms with van der Waals surface area (Å²) in [5.41, 5.74) is 0. The fourth-order valence-electron chi connectivity index (χ4n) is 1.96. The third-order valence-corrected chi connectivity index (χ3v) is 2.55. The van der Waals surface area contributed by atoms with Crippen LogP contribution in [-0.4, -0.2) is 28.0 Å². The summed E-state index contributed by atoms with van der Waals surface area (Å²) in [5, 5.41) is 0. The van der Waals surface area contributed by atoms with Crippen LogP contribution >= 0.6 is 0 Å². The lowest BCUT2D eigenvalue weighted by Gasteiger charge is -2.32. The molecule has 2 unspecified atom stereocenters. The molecule has 0 aromatic rings. The van der Waals surface area contributed by atoms with Crippen molar-refractivity contribution in [2.24, 2.45) is 0 Å². The predicted molar refractivity (Wildman–Crippen MR) is 29.9 cm³/mol. The molecule has 3 atom stereocenters. The standard InChI is InChI=1S/C6H8N2/c1-4-5-6-7(4)2-3-8(5)6/h2-6H,1H3/t4?,5?,6-,8?/m1/s1. The Morgan fingerprint density at radius 3 is 2.25 bits per heavy atom. The molecule has 0 saturated carbocycles. The van der Waals surface area contributed by atoms with Crippen molar-refractivity contribution in [3.8, 4) is 0 Å². The molecule has 2 heteroatoms. The zero-order chi connectivity index (χ0) is 5.30. The summed E-state index contributed by atoms with van der Waals surface area (Å²) in [5.74, 6) is 0. The van der Waals surface area contributed by atoms with E-state index >= 15 is 0 Å². The van der Waals surface area contributed by atoms with Gasteiger partial charge in [0.05, 0.1) is 12.1 Å². The van der Waals surface area contributed by atoms with Crippen LogP contribution in [0.15, 0.2) is 12.4 Å². The molecule has 0 aromatic carbocycles. The van der Waals surface area contributed by atoms with Crippen molar-refractivity contribution in [3.63, 3.8) is 0 Å². The molecule has 8 heavy (non-hydrogen) atoms. The maximum absolute atomic E-state index is 2.41. The van der Waals surface area contributed by atoms with Crippen LogP contribution in [-0.2, 0) is 0 Å². The van der Waals surface area contributed by atoms with Gasteiger partial charge in [0, 0.05) is 12.4 Å². The molecule has 3 rings (SSSR count). The van der Waals surface area contributed by atoms with E-state index in [9.17, 15) is 0 Å². The van der Waals surface area contributed by atoms with Crippen LogP contribution in [0.3, 0.4) is 0 Å². The van der Waals surface area contributed by atoms with E-state index < -0.39 is 0 Å². The molecular formula is C6H8N2. The minimum Gasteiger partial charge on any atom is -0.349 e. The minimum atomic E-state index is 0.810. The lowest BCUT2D eigenvalue weighted by Crippen LogP contribution is -2.46.